The molecule has 5 heteroatoms. The van der Waals surface area contributed by atoms with Crippen molar-refractivity contribution in [1.29, 1.82) is 0 Å². The lowest BCUT2D eigenvalue weighted by Gasteiger charge is -2.33. The molecule has 1 aliphatic rings. The molecule has 0 N–H and O–H groups in total. The molecule has 2 aromatic rings. The van der Waals surface area contributed by atoms with E-state index in [0.29, 0.717) is 19.1 Å². The van der Waals surface area contributed by atoms with Gasteiger partial charge in [-0.05, 0) is 49.9 Å². The third-order valence-electron chi connectivity index (χ3n) is 5.04. The summed E-state index contributed by atoms with van der Waals surface area (Å²) in [5.41, 5.74) is 3.63. The molecular formula is C20H28N4O. The van der Waals surface area contributed by atoms with Crippen LogP contribution in [-0.4, -0.2) is 52.2 Å². The van der Waals surface area contributed by atoms with Crippen molar-refractivity contribution in [2.75, 3.05) is 26.7 Å². The number of aryl methyl sites for hydroxylation is 2. The van der Waals surface area contributed by atoms with Gasteiger partial charge in [-0.15, -0.1) is 0 Å². The minimum atomic E-state index is 0.181. The molecule has 0 aliphatic carbocycles. The van der Waals surface area contributed by atoms with E-state index in [1.807, 2.05) is 30.3 Å². The minimum absolute atomic E-state index is 0.181. The van der Waals surface area contributed by atoms with Gasteiger partial charge in [0.25, 0.3) is 0 Å². The quantitative estimate of drug-likeness (QED) is 0.840. The van der Waals surface area contributed by atoms with E-state index in [-0.39, 0.29) is 5.91 Å². The van der Waals surface area contributed by atoms with Crippen LogP contribution in [0, 0.1) is 13.8 Å². The summed E-state index contributed by atoms with van der Waals surface area (Å²) in [6.07, 6.45) is 6.24. The fourth-order valence-corrected chi connectivity index (χ4v) is 3.47. The summed E-state index contributed by atoms with van der Waals surface area (Å²) >= 11 is 0. The molecule has 1 aromatic carbocycles. The molecule has 1 fully saturated rings. The van der Waals surface area contributed by atoms with Crippen LogP contribution >= 0.6 is 0 Å². The zero-order chi connectivity index (χ0) is 17.8. The molecule has 1 atom stereocenters. The minimum Gasteiger partial charge on any atom is -0.340 e. The number of likely N-dealkylation sites (tertiary alicyclic amines) is 1. The third kappa shape index (κ3) is 4.48. The molecule has 1 saturated heterocycles. The Bertz CT molecular complexity index is 724. The molecule has 3 rings (SSSR count). The lowest BCUT2D eigenvalue weighted by Crippen LogP contribution is -2.43. The van der Waals surface area contributed by atoms with Gasteiger partial charge in [-0.1, -0.05) is 24.3 Å². The Morgan fingerprint density at radius 2 is 2.12 bits per heavy atom. The van der Waals surface area contributed by atoms with Crippen LogP contribution in [0.5, 0.6) is 0 Å². The number of nitrogens with zero attached hydrogens (tertiary/aromatic N) is 4. The number of piperidine rings is 1. The predicted molar refractivity (Wildman–Crippen MR) is 99.3 cm³/mol. The number of benzene rings is 1. The van der Waals surface area contributed by atoms with Crippen molar-refractivity contribution in [2.45, 2.75) is 39.3 Å². The fraction of sp³-hybridized carbons (Fsp3) is 0.500. The highest BCUT2D eigenvalue weighted by Crippen LogP contribution is 2.21. The van der Waals surface area contributed by atoms with Gasteiger partial charge in [0.05, 0.1) is 18.8 Å². The molecule has 2 heterocycles. The Labute approximate surface area is 150 Å². The van der Waals surface area contributed by atoms with Crippen LogP contribution in [0.3, 0.4) is 0 Å². The first-order chi connectivity index (χ1) is 12.0. The second-order valence-corrected chi connectivity index (χ2v) is 7.21. The summed E-state index contributed by atoms with van der Waals surface area (Å²) < 4.78 is 2.06. The highest BCUT2D eigenvalue weighted by molar-refractivity contribution is 5.78. The lowest BCUT2D eigenvalue weighted by molar-refractivity contribution is -0.132. The molecule has 0 radical (unpaired) electrons. The highest BCUT2D eigenvalue weighted by atomic mass is 16.2. The average molecular weight is 340 g/mol. The molecule has 1 aromatic heterocycles. The Balaban J connectivity index is 1.55. The number of carbonyl (C=O) groups excluding carboxylic acids is 1. The van der Waals surface area contributed by atoms with E-state index in [1.54, 1.807) is 0 Å². The first-order valence-corrected chi connectivity index (χ1v) is 9.04. The monoisotopic (exact) mass is 340 g/mol. The van der Waals surface area contributed by atoms with E-state index in [1.165, 1.54) is 16.7 Å². The van der Waals surface area contributed by atoms with Gasteiger partial charge in [0.2, 0.25) is 5.91 Å². The van der Waals surface area contributed by atoms with Gasteiger partial charge in [0.1, 0.15) is 0 Å². The average Bonchev–Trinajstić information content (AvgIpc) is 3.03. The molecule has 25 heavy (non-hydrogen) atoms. The third-order valence-corrected chi connectivity index (χ3v) is 5.04. The number of aromatic nitrogens is 2. The summed E-state index contributed by atoms with van der Waals surface area (Å²) in [5.74, 6) is 0.181. The molecule has 0 bridgehead atoms. The summed E-state index contributed by atoms with van der Waals surface area (Å²) in [5, 5.41) is 4.45. The van der Waals surface area contributed by atoms with Crippen LogP contribution in [0.4, 0.5) is 0 Å². The largest absolute Gasteiger partial charge is 0.340 e. The maximum Gasteiger partial charge on any atom is 0.236 e. The van der Waals surface area contributed by atoms with E-state index < -0.39 is 0 Å². The molecule has 1 amide bonds. The number of hydrogen-bond acceptors (Lipinski definition) is 3. The van der Waals surface area contributed by atoms with Crippen molar-refractivity contribution < 1.29 is 4.79 Å². The Kier molecular flexibility index (Phi) is 5.53. The van der Waals surface area contributed by atoms with Crippen molar-refractivity contribution in [3.8, 4) is 0 Å². The summed E-state index contributed by atoms with van der Waals surface area (Å²) in [4.78, 5) is 16.7. The Hall–Kier alpha value is -2.14. The smallest absolute Gasteiger partial charge is 0.236 e. The number of rotatable bonds is 5. The lowest BCUT2D eigenvalue weighted by atomic mass is 10.1. The van der Waals surface area contributed by atoms with Gasteiger partial charge in [-0.25, -0.2) is 0 Å². The van der Waals surface area contributed by atoms with Gasteiger partial charge in [-0.2, -0.15) is 5.10 Å². The van der Waals surface area contributed by atoms with Crippen LogP contribution < -0.4 is 0 Å². The summed E-state index contributed by atoms with van der Waals surface area (Å²) in [7, 11) is 1.90. The fourth-order valence-electron chi connectivity index (χ4n) is 3.47. The number of hydrogen-bond donors (Lipinski definition) is 0. The van der Waals surface area contributed by atoms with E-state index in [4.69, 9.17) is 0 Å². The standard InChI is InChI=1S/C20H28N4O/c1-16-11-21-24(12-16)19-9-6-10-23(14-19)15-20(25)22(3)13-18-8-5-4-7-17(18)2/h4-5,7-8,11-12,19H,6,9-10,13-15H2,1-3H3. The molecule has 0 spiro atoms. The molecular weight excluding hydrogens is 312 g/mol. The number of carbonyl (C=O) groups is 1. The second kappa shape index (κ2) is 7.83. The highest BCUT2D eigenvalue weighted by Gasteiger charge is 2.24. The second-order valence-electron chi connectivity index (χ2n) is 7.21. The van der Waals surface area contributed by atoms with E-state index in [9.17, 15) is 4.79 Å². The van der Waals surface area contributed by atoms with Gasteiger partial charge in [-0.3, -0.25) is 14.4 Å². The van der Waals surface area contributed by atoms with Crippen LogP contribution in [0.15, 0.2) is 36.7 Å². The van der Waals surface area contributed by atoms with Crippen molar-refractivity contribution in [3.63, 3.8) is 0 Å². The van der Waals surface area contributed by atoms with Crippen molar-refractivity contribution in [2.24, 2.45) is 0 Å². The first-order valence-electron chi connectivity index (χ1n) is 9.04. The zero-order valence-electron chi connectivity index (χ0n) is 15.5. The Morgan fingerprint density at radius 1 is 1.32 bits per heavy atom. The predicted octanol–water partition coefficient (Wildman–Crippen LogP) is 2.80. The van der Waals surface area contributed by atoms with Crippen molar-refractivity contribution >= 4 is 5.91 Å². The van der Waals surface area contributed by atoms with E-state index in [2.05, 4.69) is 46.9 Å². The summed E-state index contributed by atoms with van der Waals surface area (Å²) in [6.45, 7) is 7.19. The number of amides is 1. The molecule has 0 saturated carbocycles. The van der Waals surface area contributed by atoms with Crippen LogP contribution in [0.25, 0.3) is 0 Å². The van der Waals surface area contributed by atoms with Gasteiger partial charge >= 0.3 is 0 Å². The molecule has 5 nitrogen and oxygen atoms in total. The zero-order valence-corrected chi connectivity index (χ0v) is 15.5. The van der Waals surface area contributed by atoms with E-state index >= 15 is 0 Å². The normalized spacial score (nSPS) is 18.3. The van der Waals surface area contributed by atoms with Gasteiger partial charge in [0, 0.05) is 26.3 Å². The van der Waals surface area contributed by atoms with Crippen molar-refractivity contribution in [1.82, 2.24) is 19.6 Å². The maximum atomic E-state index is 12.6. The molecule has 1 aliphatic heterocycles. The van der Waals surface area contributed by atoms with Gasteiger partial charge < -0.3 is 4.90 Å². The molecule has 134 valence electrons. The van der Waals surface area contributed by atoms with Crippen LogP contribution in [-0.2, 0) is 11.3 Å². The number of likely N-dealkylation sites (N-methyl/N-ethyl adjacent to an activating group) is 1. The van der Waals surface area contributed by atoms with E-state index in [0.717, 1.165) is 25.9 Å². The van der Waals surface area contributed by atoms with Gasteiger partial charge in [0.15, 0.2) is 0 Å². The molecule has 1 unspecified atom stereocenters. The van der Waals surface area contributed by atoms with Crippen LogP contribution in [0.2, 0.25) is 0 Å². The van der Waals surface area contributed by atoms with Crippen molar-refractivity contribution in [3.05, 3.63) is 53.3 Å². The van der Waals surface area contributed by atoms with Crippen LogP contribution in [0.1, 0.15) is 35.6 Å². The maximum absolute atomic E-state index is 12.6. The SMILES string of the molecule is Cc1cnn(C2CCCN(CC(=O)N(C)Cc3ccccc3C)C2)c1. The Morgan fingerprint density at radius 3 is 2.84 bits per heavy atom. The summed E-state index contributed by atoms with van der Waals surface area (Å²) in [6, 6.07) is 8.62. The first kappa shape index (κ1) is 17.7. The topological polar surface area (TPSA) is 41.4 Å².